The Balaban J connectivity index is 3.76. The largest absolute Gasteiger partial charge is 0.467 e. The normalized spacial score (nSPS) is 11.8. The molecule has 0 aromatic heterocycles. The maximum atomic E-state index is 12.4. The van der Waals surface area contributed by atoms with E-state index in [4.69, 9.17) is 4.74 Å². The lowest BCUT2D eigenvalue weighted by atomic mass is 10.0. The highest BCUT2D eigenvalue weighted by molar-refractivity contribution is 5.84. The van der Waals surface area contributed by atoms with Gasteiger partial charge in [-0.15, -0.1) is 0 Å². The molecule has 0 radical (unpaired) electrons. The predicted molar refractivity (Wildman–Crippen MR) is 173 cm³/mol. The first-order chi connectivity index (χ1) is 20.0. The Kier molecular flexibility index (Phi) is 30.1. The molecule has 41 heavy (non-hydrogen) atoms. The van der Waals surface area contributed by atoms with Crippen LogP contribution in [0.25, 0.3) is 0 Å². The third kappa shape index (κ3) is 28.3. The van der Waals surface area contributed by atoms with Crippen LogP contribution in [0.15, 0.2) is 0 Å². The Hall–Kier alpha value is -1.59. The molecule has 6 nitrogen and oxygen atoms in total. The highest BCUT2D eigenvalue weighted by Crippen LogP contribution is 2.14. The van der Waals surface area contributed by atoms with Gasteiger partial charge in [-0.3, -0.25) is 9.59 Å². The summed E-state index contributed by atoms with van der Waals surface area (Å²) in [4.78, 5) is 36.6. The minimum atomic E-state index is -0.604. The van der Waals surface area contributed by atoms with Crippen LogP contribution >= 0.6 is 0 Å². The summed E-state index contributed by atoms with van der Waals surface area (Å²) in [6, 6.07) is -0.604. The number of methoxy groups -OCH3 is 1. The monoisotopic (exact) mass is 581 g/mol. The molecule has 0 heterocycles. The van der Waals surface area contributed by atoms with Gasteiger partial charge in [-0.2, -0.15) is 0 Å². The van der Waals surface area contributed by atoms with Crippen LogP contribution in [0.4, 0.5) is 0 Å². The zero-order valence-electron chi connectivity index (χ0n) is 27.5. The van der Waals surface area contributed by atoms with E-state index in [9.17, 15) is 14.4 Å². The number of ether oxygens (including phenoxy) is 1. The van der Waals surface area contributed by atoms with Crippen LogP contribution in [0.1, 0.15) is 187 Å². The first-order valence-electron chi connectivity index (χ1n) is 17.7. The van der Waals surface area contributed by atoms with E-state index in [1.54, 1.807) is 0 Å². The molecule has 2 N–H and O–H groups in total. The lowest BCUT2D eigenvalue weighted by Gasteiger charge is -2.16. The van der Waals surface area contributed by atoms with Crippen molar-refractivity contribution in [3.63, 3.8) is 0 Å². The lowest BCUT2D eigenvalue weighted by Crippen LogP contribution is -2.41. The molecule has 1 unspecified atom stereocenters. The molecule has 0 fully saturated rings. The van der Waals surface area contributed by atoms with E-state index in [2.05, 4.69) is 24.5 Å². The van der Waals surface area contributed by atoms with Crippen molar-refractivity contribution in [2.24, 2.45) is 0 Å². The highest BCUT2D eigenvalue weighted by Gasteiger charge is 2.20. The Morgan fingerprint density at radius 2 is 0.902 bits per heavy atom. The molecule has 0 saturated heterocycles. The van der Waals surface area contributed by atoms with Crippen LogP contribution in [0.5, 0.6) is 0 Å². The number of rotatable bonds is 31. The molecular weight excluding hydrogens is 512 g/mol. The summed E-state index contributed by atoms with van der Waals surface area (Å²) in [5, 5.41) is 5.86. The molecule has 0 aliphatic heterocycles. The number of hydrogen-bond donors (Lipinski definition) is 2. The van der Waals surface area contributed by atoms with Gasteiger partial charge < -0.3 is 15.4 Å². The summed E-state index contributed by atoms with van der Waals surface area (Å²) in [6.07, 6.45) is 30.9. The second-order valence-corrected chi connectivity index (χ2v) is 12.1. The zero-order valence-corrected chi connectivity index (χ0v) is 27.5. The van der Waals surface area contributed by atoms with Gasteiger partial charge in [0, 0.05) is 19.4 Å². The maximum Gasteiger partial charge on any atom is 0.328 e. The average molecular weight is 581 g/mol. The lowest BCUT2D eigenvalue weighted by molar-refractivity contribution is -0.145. The third-order valence-electron chi connectivity index (χ3n) is 8.08. The number of amides is 2. The summed E-state index contributed by atoms with van der Waals surface area (Å²) in [5.74, 6) is -0.348. The van der Waals surface area contributed by atoms with E-state index < -0.39 is 12.0 Å². The SMILES string of the molecule is CCCCCCCCCCCCCCCC(=O)NC(CCCCNC(=O)CCCCCCCCCCC)C(=O)OC. The van der Waals surface area contributed by atoms with Gasteiger partial charge in [0.2, 0.25) is 11.8 Å². The molecule has 0 aromatic carbocycles. The molecule has 1 atom stereocenters. The van der Waals surface area contributed by atoms with E-state index in [1.807, 2.05) is 0 Å². The van der Waals surface area contributed by atoms with E-state index in [-0.39, 0.29) is 11.8 Å². The highest BCUT2D eigenvalue weighted by atomic mass is 16.5. The number of carbonyl (C=O) groups excluding carboxylic acids is 3. The van der Waals surface area contributed by atoms with Crippen molar-refractivity contribution in [2.45, 2.75) is 193 Å². The van der Waals surface area contributed by atoms with Crippen molar-refractivity contribution in [3.8, 4) is 0 Å². The van der Waals surface area contributed by atoms with Gasteiger partial charge >= 0.3 is 5.97 Å². The molecule has 242 valence electrons. The van der Waals surface area contributed by atoms with E-state index >= 15 is 0 Å². The Morgan fingerprint density at radius 3 is 1.32 bits per heavy atom. The average Bonchev–Trinajstić information content (AvgIpc) is 2.97. The summed E-state index contributed by atoms with van der Waals surface area (Å²) >= 11 is 0. The number of hydrogen-bond acceptors (Lipinski definition) is 4. The van der Waals surface area contributed by atoms with Crippen molar-refractivity contribution in [1.29, 1.82) is 0 Å². The first-order valence-corrected chi connectivity index (χ1v) is 17.7. The van der Waals surface area contributed by atoms with Crippen LogP contribution < -0.4 is 10.6 Å². The van der Waals surface area contributed by atoms with Crippen LogP contribution in [0.3, 0.4) is 0 Å². The number of unbranched alkanes of at least 4 members (excludes halogenated alkanes) is 21. The minimum Gasteiger partial charge on any atom is -0.467 e. The topological polar surface area (TPSA) is 84.5 Å². The fourth-order valence-corrected chi connectivity index (χ4v) is 5.35. The first kappa shape index (κ1) is 39.4. The smallest absolute Gasteiger partial charge is 0.328 e. The molecule has 0 aliphatic rings. The van der Waals surface area contributed by atoms with Gasteiger partial charge in [-0.05, 0) is 32.1 Å². The number of nitrogens with one attached hydrogen (secondary N) is 2. The zero-order chi connectivity index (χ0) is 30.2. The van der Waals surface area contributed by atoms with Gasteiger partial charge in [-0.25, -0.2) is 4.79 Å². The second kappa shape index (κ2) is 31.3. The molecule has 0 saturated carbocycles. The fourth-order valence-electron chi connectivity index (χ4n) is 5.35. The van der Waals surface area contributed by atoms with Crippen LogP contribution in [0.2, 0.25) is 0 Å². The summed E-state index contributed by atoms with van der Waals surface area (Å²) in [6.45, 7) is 5.11. The Labute approximate surface area is 254 Å². The maximum absolute atomic E-state index is 12.4. The van der Waals surface area contributed by atoms with Crippen molar-refractivity contribution < 1.29 is 19.1 Å². The molecule has 0 aliphatic carbocycles. The summed E-state index contributed by atoms with van der Waals surface area (Å²) in [5.41, 5.74) is 0. The summed E-state index contributed by atoms with van der Waals surface area (Å²) < 4.78 is 4.90. The van der Waals surface area contributed by atoms with E-state index in [0.717, 1.165) is 38.5 Å². The van der Waals surface area contributed by atoms with E-state index in [0.29, 0.717) is 25.8 Å². The number of esters is 1. The Bertz CT molecular complexity index is 611. The Morgan fingerprint density at radius 1 is 0.512 bits per heavy atom. The van der Waals surface area contributed by atoms with Crippen LogP contribution in [0, 0.1) is 0 Å². The van der Waals surface area contributed by atoms with Gasteiger partial charge in [-0.1, -0.05) is 142 Å². The van der Waals surface area contributed by atoms with Gasteiger partial charge in [0.15, 0.2) is 0 Å². The molecule has 6 heteroatoms. The standard InChI is InChI=1S/C35H68N2O4/c1-4-6-8-10-12-14-15-16-17-19-21-23-25-30-34(39)37-32(35(40)41-3)28-26-27-31-36-33(38)29-24-22-20-18-13-11-9-7-5-2/h32H,4-31H2,1-3H3,(H,36,38)(H,37,39). The van der Waals surface area contributed by atoms with Crippen molar-refractivity contribution in [3.05, 3.63) is 0 Å². The second-order valence-electron chi connectivity index (χ2n) is 12.1. The van der Waals surface area contributed by atoms with Crippen molar-refractivity contribution in [2.75, 3.05) is 13.7 Å². The van der Waals surface area contributed by atoms with Gasteiger partial charge in [0.25, 0.3) is 0 Å². The third-order valence-corrected chi connectivity index (χ3v) is 8.08. The molecule has 0 spiro atoms. The van der Waals surface area contributed by atoms with Crippen LogP contribution in [-0.4, -0.2) is 37.5 Å². The van der Waals surface area contributed by atoms with Gasteiger partial charge in [0.05, 0.1) is 7.11 Å². The molecule has 0 aromatic rings. The molecule has 0 bridgehead atoms. The minimum absolute atomic E-state index is 0.0715. The number of carbonyl (C=O) groups is 3. The van der Waals surface area contributed by atoms with Crippen LogP contribution in [-0.2, 0) is 19.1 Å². The molecular formula is C35H68N2O4. The summed E-state index contributed by atoms with van der Waals surface area (Å²) in [7, 11) is 1.36. The van der Waals surface area contributed by atoms with E-state index in [1.165, 1.54) is 123 Å². The van der Waals surface area contributed by atoms with Crippen molar-refractivity contribution in [1.82, 2.24) is 10.6 Å². The van der Waals surface area contributed by atoms with Crippen molar-refractivity contribution >= 4 is 17.8 Å². The predicted octanol–water partition coefficient (Wildman–Crippen LogP) is 9.33. The molecule has 2 amide bonds. The quantitative estimate of drug-likeness (QED) is 0.0632. The molecule has 0 rings (SSSR count). The van der Waals surface area contributed by atoms with Gasteiger partial charge in [0.1, 0.15) is 6.04 Å². The fraction of sp³-hybridized carbons (Fsp3) is 0.914.